The maximum atomic E-state index is 2.37. The van der Waals surface area contributed by atoms with E-state index in [2.05, 4.69) is 298 Å². The van der Waals surface area contributed by atoms with Crippen LogP contribution in [0.15, 0.2) is 279 Å². The van der Waals surface area contributed by atoms with Gasteiger partial charge in [-0.25, -0.2) is 0 Å². The van der Waals surface area contributed by atoms with Gasteiger partial charge in [0.15, 0.2) is 0 Å². The third kappa shape index (κ3) is 7.18. The summed E-state index contributed by atoms with van der Waals surface area (Å²) in [4.78, 5) is 4.74. The lowest BCUT2D eigenvalue weighted by Crippen LogP contribution is -2.10. The largest absolute Gasteiger partial charge is 0.310 e. The van der Waals surface area contributed by atoms with Crippen molar-refractivity contribution in [2.45, 2.75) is 0 Å². The van der Waals surface area contributed by atoms with E-state index >= 15 is 0 Å². The van der Waals surface area contributed by atoms with Crippen molar-refractivity contribution < 1.29 is 0 Å². The van der Waals surface area contributed by atoms with Crippen LogP contribution in [0.3, 0.4) is 0 Å². The maximum Gasteiger partial charge on any atom is 0.0542 e. The molecule has 0 unspecified atom stereocenters. The van der Waals surface area contributed by atoms with Crippen LogP contribution >= 0.6 is 0 Å². The minimum absolute atomic E-state index is 1.09. The van der Waals surface area contributed by atoms with Crippen LogP contribution in [0.5, 0.6) is 0 Å². The Morgan fingerprint density at radius 3 is 0.943 bits per heavy atom. The molecule has 0 spiro atoms. The highest BCUT2D eigenvalue weighted by Gasteiger charge is 2.20. The molecule has 13 aromatic rings. The molecule has 0 fully saturated rings. The Labute approximate surface area is 407 Å². The number of fused-ring (bicyclic) bond motifs is 6. The Bertz CT molecular complexity index is 3720. The summed E-state index contributed by atoms with van der Waals surface area (Å²) in [5, 5.41) is 4.89. The molecule has 2 aromatic heterocycles. The van der Waals surface area contributed by atoms with E-state index in [0.29, 0.717) is 0 Å². The van der Waals surface area contributed by atoms with Crippen molar-refractivity contribution >= 4 is 77.7 Å². The summed E-state index contributed by atoms with van der Waals surface area (Å²) in [5.74, 6) is 0. The molecule has 4 nitrogen and oxygen atoms in total. The zero-order valence-electron chi connectivity index (χ0n) is 38.3. The highest BCUT2D eigenvalue weighted by Crippen LogP contribution is 2.43. The number of hydrogen-bond acceptors (Lipinski definition) is 2. The van der Waals surface area contributed by atoms with Gasteiger partial charge in [0.1, 0.15) is 0 Å². The van der Waals surface area contributed by atoms with Crippen molar-refractivity contribution in [2.24, 2.45) is 0 Å². The van der Waals surface area contributed by atoms with Gasteiger partial charge in [0.25, 0.3) is 0 Å². The van der Waals surface area contributed by atoms with Gasteiger partial charge in [-0.15, -0.1) is 0 Å². The summed E-state index contributed by atoms with van der Waals surface area (Å²) < 4.78 is 4.74. The van der Waals surface area contributed by atoms with Gasteiger partial charge >= 0.3 is 0 Å². The lowest BCUT2D eigenvalue weighted by atomic mass is 9.99. The first-order valence-corrected chi connectivity index (χ1v) is 23.9. The van der Waals surface area contributed by atoms with Crippen LogP contribution < -0.4 is 9.80 Å². The molecule has 0 aliphatic rings. The van der Waals surface area contributed by atoms with Gasteiger partial charge in [0.2, 0.25) is 0 Å². The van der Waals surface area contributed by atoms with Crippen LogP contribution in [0.4, 0.5) is 34.1 Å². The molecular formula is C66H46N4. The molecule has 0 aliphatic carbocycles. The van der Waals surface area contributed by atoms with Crippen molar-refractivity contribution in [1.29, 1.82) is 0 Å². The molecule has 0 radical (unpaired) electrons. The van der Waals surface area contributed by atoms with E-state index < -0.39 is 0 Å². The molecule has 0 amide bonds. The molecule has 0 bridgehead atoms. The molecule has 0 N–H and O–H groups in total. The van der Waals surface area contributed by atoms with Crippen LogP contribution in [0, 0.1) is 0 Å². The summed E-state index contributed by atoms with van der Waals surface area (Å²) in [6.45, 7) is 0. The summed E-state index contributed by atoms with van der Waals surface area (Å²) in [6, 6.07) is 101. The third-order valence-corrected chi connectivity index (χ3v) is 13.6. The fourth-order valence-corrected chi connectivity index (χ4v) is 10.5. The number of rotatable bonds is 10. The average Bonchev–Trinajstić information content (AvgIpc) is 3.95. The first-order chi connectivity index (χ1) is 34.7. The Morgan fingerprint density at radius 2 is 0.529 bits per heavy atom. The summed E-state index contributed by atoms with van der Waals surface area (Å²) >= 11 is 0. The Morgan fingerprint density at radius 1 is 0.200 bits per heavy atom. The molecule has 4 heteroatoms. The summed E-state index contributed by atoms with van der Waals surface area (Å²) in [7, 11) is 0. The molecular weight excluding hydrogens is 849 g/mol. The standard InChI is InChI=1S/C66H46N4/c1-5-21-51(22-6-1)67(57-39-41-65-61(45-57)59-31-13-15-33-63(59)69(65)53-25-9-3-10-26-53)55-29-17-19-49(43-55)47-35-37-48(38-36-47)50-20-18-30-56(44-50)68(52-23-7-2-8-24-52)58-40-42-66-62(46-58)60-32-14-16-34-64(60)70(66)54-27-11-4-12-28-54/h1-46H. The van der Waals surface area contributed by atoms with Crippen molar-refractivity contribution in [1.82, 2.24) is 9.13 Å². The number of aromatic nitrogens is 2. The minimum Gasteiger partial charge on any atom is -0.310 e. The van der Waals surface area contributed by atoms with E-state index in [-0.39, 0.29) is 0 Å². The molecule has 11 aromatic carbocycles. The van der Waals surface area contributed by atoms with Gasteiger partial charge in [-0.05, 0) is 144 Å². The van der Waals surface area contributed by atoms with Gasteiger partial charge < -0.3 is 18.9 Å². The third-order valence-electron chi connectivity index (χ3n) is 13.6. The quantitative estimate of drug-likeness (QED) is 0.136. The number of nitrogens with zero attached hydrogens (tertiary/aromatic N) is 4. The molecule has 0 aliphatic heterocycles. The van der Waals surface area contributed by atoms with Crippen molar-refractivity contribution in [2.75, 3.05) is 9.80 Å². The molecule has 0 saturated heterocycles. The first-order valence-electron chi connectivity index (χ1n) is 23.9. The molecule has 2 heterocycles. The molecule has 330 valence electrons. The second kappa shape index (κ2) is 17.4. The summed E-state index contributed by atoms with van der Waals surface area (Å²) in [6.07, 6.45) is 0. The predicted molar refractivity (Wildman–Crippen MR) is 295 cm³/mol. The smallest absolute Gasteiger partial charge is 0.0542 e. The fraction of sp³-hybridized carbons (Fsp3) is 0. The predicted octanol–water partition coefficient (Wildman–Crippen LogP) is 18.2. The van der Waals surface area contributed by atoms with E-state index in [1.165, 1.54) is 43.6 Å². The highest BCUT2D eigenvalue weighted by molar-refractivity contribution is 6.12. The van der Waals surface area contributed by atoms with Crippen molar-refractivity contribution in [3.63, 3.8) is 0 Å². The lowest BCUT2D eigenvalue weighted by molar-refractivity contribution is 1.18. The zero-order valence-corrected chi connectivity index (χ0v) is 38.3. The SMILES string of the molecule is c1ccc(N(c2cccc(-c3ccc(-c4cccc(N(c5ccccc5)c5ccc6c(c5)c5ccccc5n6-c5ccccc5)c4)cc3)c2)c2ccc3c(c2)c2ccccc2n3-c2ccccc2)cc1. The number of hydrogen-bond donors (Lipinski definition) is 0. The van der Waals surface area contributed by atoms with Crippen LogP contribution in [0.25, 0.3) is 77.2 Å². The van der Waals surface area contributed by atoms with Crippen molar-refractivity contribution in [3.8, 4) is 33.6 Å². The van der Waals surface area contributed by atoms with Gasteiger partial charge in [0.05, 0.1) is 22.1 Å². The van der Waals surface area contributed by atoms with Gasteiger partial charge in [0, 0.05) is 67.0 Å². The molecule has 0 atom stereocenters. The fourth-order valence-electron chi connectivity index (χ4n) is 10.5. The highest BCUT2D eigenvalue weighted by atomic mass is 15.1. The van der Waals surface area contributed by atoms with E-state index in [1.54, 1.807) is 0 Å². The molecule has 0 saturated carbocycles. The van der Waals surface area contributed by atoms with Gasteiger partial charge in [-0.3, -0.25) is 0 Å². The number of benzene rings is 11. The zero-order chi connectivity index (χ0) is 46.4. The Hall–Kier alpha value is -9.38. The van der Waals surface area contributed by atoms with E-state index in [0.717, 1.165) is 67.8 Å². The number of para-hydroxylation sites is 6. The second-order valence-corrected chi connectivity index (χ2v) is 17.8. The van der Waals surface area contributed by atoms with E-state index in [1.807, 2.05) is 0 Å². The first kappa shape index (κ1) is 40.9. The van der Waals surface area contributed by atoms with Crippen LogP contribution in [0.2, 0.25) is 0 Å². The van der Waals surface area contributed by atoms with Gasteiger partial charge in [-0.1, -0.05) is 158 Å². The topological polar surface area (TPSA) is 16.3 Å². The normalized spacial score (nSPS) is 11.4. The monoisotopic (exact) mass is 894 g/mol. The molecule has 13 rings (SSSR count). The van der Waals surface area contributed by atoms with E-state index in [4.69, 9.17) is 0 Å². The van der Waals surface area contributed by atoms with E-state index in [9.17, 15) is 0 Å². The van der Waals surface area contributed by atoms with Crippen LogP contribution in [0.1, 0.15) is 0 Å². The minimum atomic E-state index is 1.09. The van der Waals surface area contributed by atoms with Gasteiger partial charge in [-0.2, -0.15) is 0 Å². The summed E-state index contributed by atoms with van der Waals surface area (Å²) in [5.41, 5.74) is 18.3. The lowest BCUT2D eigenvalue weighted by Gasteiger charge is -2.26. The average molecular weight is 895 g/mol. The maximum absolute atomic E-state index is 2.37. The molecule has 70 heavy (non-hydrogen) atoms. The second-order valence-electron chi connectivity index (χ2n) is 17.8. The van der Waals surface area contributed by atoms with Crippen molar-refractivity contribution in [3.05, 3.63) is 279 Å². The Kier molecular flexibility index (Phi) is 10.1. The van der Waals surface area contributed by atoms with Crippen LogP contribution in [-0.4, -0.2) is 9.13 Å². The van der Waals surface area contributed by atoms with Crippen LogP contribution in [-0.2, 0) is 0 Å². The Balaban J connectivity index is 0.851. The number of anilines is 6.